The van der Waals surface area contributed by atoms with Gasteiger partial charge >= 0.3 is 0 Å². The number of methoxy groups -OCH3 is 1. The van der Waals surface area contributed by atoms with E-state index in [1.807, 2.05) is 30.0 Å². The molecule has 0 radical (unpaired) electrons. The lowest BCUT2D eigenvalue weighted by Gasteiger charge is -2.35. The van der Waals surface area contributed by atoms with Crippen molar-refractivity contribution in [3.05, 3.63) is 23.8 Å². The third-order valence-corrected chi connectivity index (χ3v) is 6.70. The number of ether oxygens (including phenoxy) is 2. The van der Waals surface area contributed by atoms with Crippen molar-refractivity contribution in [2.75, 3.05) is 33.3 Å². The number of hydrogen-bond acceptors (Lipinski definition) is 5. The smallest absolute Gasteiger partial charge is 0.253 e. The van der Waals surface area contributed by atoms with Gasteiger partial charge in [-0.2, -0.15) is 0 Å². The van der Waals surface area contributed by atoms with Crippen molar-refractivity contribution in [2.24, 2.45) is 5.92 Å². The molecule has 2 aliphatic heterocycles. The molecule has 2 fully saturated rings. The molecule has 1 aromatic rings. The molecule has 2 heterocycles. The summed E-state index contributed by atoms with van der Waals surface area (Å²) in [6.07, 6.45) is 4.33. The maximum atomic E-state index is 13.1. The predicted octanol–water partition coefficient (Wildman–Crippen LogP) is 3.57. The van der Waals surface area contributed by atoms with Crippen LogP contribution in [-0.2, 0) is 0 Å². The number of carbonyl (C=O) groups is 1. The minimum Gasteiger partial charge on any atom is -0.493 e. The summed E-state index contributed by atoms with van der Waals surface area (Å²) in [7, 11) is 1.63. The van der Waals surface area contributed by atoms with E-state index < -0.39 is 0 Å². The first-order chi connectivity index (χ1) is 14.4. The second-order valence-corrected chi connectivity index (χ2v) is 8.92. The van der Waals surface area contributed by atoms with Gasteiger partial charge < -0.3 is 24.4 Å². The molecule has 30 heavy (non-hydrogen) atoms. The monoisotopic (exact) mass is 418 g/mol. The van der Waals surface area contributed by atoms with Crippen LogP contribution in [0.5, 0.6) is 11.5 Å². The molecule has 3 rings (SSSR count). The first kappa shape index (κ1) is 22.9. The number of carbonyl (C=O) groups excluding carboxylic acids is 1. The maximum absolute atomic E-state index is 13.1. The van der Waals surface area contributed by atoms with Crippen molar-refractivity contribution in [2.45, 2.75) is 71.1 Å². The van der Waals surface area contributed by atoms with Crippen molar-refractivity contribution in [3.63, 3.8) is 0 Å². The molecule has 1 N–H and O–H groups in total. The number of likely N-dealkylation sites (tertiary alicyclic amines) is 2. The third-order valence-electron chi connectivity index (χ3n) is 6.70. The second-order valence-electron chi connectivity index (χ2n) is 8.92. The fourth-order valence-electron chi connectivity index (χ4n) is 4.59. The van der Waals surface area contributed by atoms with Crippen LogP contribution in [0, 0.1) is 5.92 Å². The summed E-state index contributed by atoms with van der Waals surface area (Å²) < 4.78 is 11.8. The SMILES string of the molecule is CC[C@@H](O)C1CCN(C(=O)c2ccc(OC)c(OC3CCN(C(C)C)CC3)c2)CC1. The minimum atomic E-state index is -0.259. The molecule has 1 aromatic carbocycles. The molecule has 0 aliphatic carbocycles. The number of piperidine rings is 2. The van der Waals surface area contributed by atoms with E-state index in [0.717, 1.165) is 45.2 Å². The Balaban J connectivity index is 1.63. The zero-order chi connectivity index (χ0) is 21.7. The zero-order valence-corrected chi connectivity index (χ0v) is 19.0. The molecule has 1 atom stereocenters. The van der Waals surface area contributed by atoms with Crippen LogP contribution in [0.15, 0.2) is 18.2 Å². The summed E-state index contributed by atoms with van der Waals surface area (Å²) in [5.74, 6) is 1.65. The van der Waals surface area contributed by atoms with Gasteiger partial charge in [-0.15, -0.1) is 0 Å². The van der Waals surface area contributed by atoms with Crippen molar-refractivity contribution in [1.29, 1.82) is 0 Å². The molecule has 0 saturated carbocycles. The van der Waals surface area contributed by atoms with E-state index in [0.29, 0.717) is 42.1 Å². The van der Waals surface area contributed by atoms with E-state index in [4.69, 9.17) is 9.47 Å². The summed E-state index contributed by atoms with van der Waals surface area (Å²) in [4.78, 5) is 17.4. The average molecular weight is 419 g/mol. The fourth-order valence-corrected chi connectivity index (χ4v) is 4.59. The number of hydrogen-bond donors (Lipinski definition) is 1. The Kier molecular flexibility index (Phi) is 8.00. The first-order valence-electron chi connectivity index (χ1n) is 11.5. The Labute approximate surface area is 181 Å². The molecule has 0 aromatic heterocycles. The van der Waals surface area contributed by atoms with Crippen LogP contribution in [0.4, 0.5) is 0 Å². The molecule has 6 heteroatoms. The van der Waals surface area contributed by atoms with Crippen LogP contribution in [0.2, 0.25) is 0 Å². The van der Waals surface area contributed by atoms with Gasteiger partial charge in [-0.1, -0.05) is 6.92 Å². The maximum Gasteiger partial charge on any atom is 0.253 e. The normalized spacial score (nSPS) is 20.4. The van der Waals surface area contributed by atoms with Gasteiger partial charge in [0.25, 0.3) is 5.91 Å². The highest BCUT2D eigenvalue weighted by Crippen LogP contribution is 2.32. The van der Waals surface area contributed by atoms with Gasteiger partial charge in [0, 0.05) is 37.8 Å². The lowest BCUT2D eigenvalue weighted by molar-refractivity contribution is 0.0453. The van der Waals surface area contributed by atoms with E-state index in [9.17, 15) is 9.90 Å². The van der Waals surface area contributed by atoms with E-state index in [1.165, 1.54) is 0 Å². The summed E-state index contributed by atoms with van der Waals surface area (Å²) >= 11 is 0. The van der Waals surface area contributed by atoms with E-state index in [1.54, 1.807) is 7.11 Å². The van der Waals surface area contributed by atoms with Crippen LogP contribution in [0.1, 0.15) is 63.2 Å². The van der Waals surface area contributed by atoms with Crippen molar-refractivity contribution in [1.82, 2.24) is 9.80 Å². The fraction of sp³-hybridized carbons (Fsp3) is 0.708. The molecule has 0 unspecified atom stereocenters. The number of amides is 1. The molecule has 2 aliphatic rings. The molecule has 2 saturated heterocycles. The number of aliphatic hydroxyl groups is 1. The van der Waals surface area contributed by atoms with Crippen LogP contribution in [-0.4, -0.2) is 72.4 Å². The average Bonchev–Trinajstić information content (AvgIpc) is 2.78. The van der Waals surface area contributed by atoms with Gasteiger partial charge in [0.05, 0.1) is 13.2 Å². The quantitative estimate of drug-likeness (QED) is 0.733. The molecular weight excluding hydrogens is 380 g/mol. The summed E-state index contributed by atoms with van der Waals surface area (Å²) in [6.45, 7) is 9.90. The molecule has 0 spiro atoms. The van der Waals surface area contributed by atoms with Gasteiger partial charge in [0.15, 0.2) is 11.5 Å². The minimum absolute atomic E-state index is 0.0292. The standard InChI is InChI=1S/C24H38N2O4/c1-5-21(27)18-8-12-26(13-9-18)24(28)19-6-7-22(29-4)23(16-19)30-20-10-14-25(15-11-20)17(2)3/h6-7,16-18,20-21,27H,5,8-15H2,1-4H3/t21-/m1/s1. The lowest BCUT2D eigenvalue weighted by atomic mass is 9.90. The van der Waals surface area contributed by atoms with Gasteiger partial charge in [0.1, 0.15) is 6.10 Å². The second kappa shape index (κ2) is 10.5. The summed E-state index contributed by atoms with van der Waals surface area (Å²) in [5, 5.41) is 10.1. The Morgan fingerprint density at radius 3 is 2.33 bits per heavy atom. The van der Waals surface area contributed by atoms with Gasteiger partial charge in [0.2, 0.25) is 0 Å². The third kappa shape index (κ3) is 5.46. The van der Waals surface area contributed by atoms with Crippen molar-refractivity contribution in [3.8, 4) is 11.5 Å². The Morgan fingerprint density at radius 2 is 1.77 bits per heavy atom. The number of aliphatic hydroxyl groups excluding tert-OH is 1. The number of nitrogens with zero attached hydrogens (tertiary/aromatic N) is 2. The van der Waals surface area contributed by atoms with Crippen LogP contribution in [0.3, 0.4) is 0 Å². The summed E-state index contributed by atoms with van der Waals surface area (Å²) in [5.41, 5.74) is 0.639. The Hall–Kier alpha value is -1.79. The highest BCUT2D eigenvalue weighted by molar-refractivity contribution is 5.95. The first-order valence-corrected chi connectivity index (χ1v) is 11.5. The molecule has 1 amide bonds. The highest BCUT2D eigenvalue weighted by atomic mass is 16.5. The van der Waals surface area contributed by atoms with Crippen LogP contribution in [0.25, 0.3) is 0 Å². The van der Waals surface area contributed by atoms with Gasteiger partial charge in [-0.25, -0.2) is 0 Å². The number of benzene rings is 1. The zero-order valence-electron chi connectivity index (χ0n) is 19.0. The van der Waals surface area contributed by atoms with Gasteiger partial charge in [-0.3, -0.25) is 4.79 Å². The van der Waals surface area contributed by atoms with E-state index >= 15 is 0 Å². The Bertz CT molecular complexity index is 692. The molecular formula is C24H38N2O4. The van der Waals surface area contributed by atoms with Crippen molar-refractivity contribution >= 4 is 5.91 Å². The predicted molar refractivity (Wildman–Crippen MR) is 118 cm³/mol. The summed E-state index contributed by atoms with van der Waals surface area (Å²) in [6, 6.07) is 6.05. The lowest BCUT2D eigenvalue weighted by Crippen LogP contribution is -2.42. The molecule has 6 nitrogen and oxygen atoms in total. The van der Waals surface area contributed by atoms with E-state index in [2.05, 4.69) is 18.7 Å². The van der Waals surface area contributed by atoms with Crippen molar-refractivity contribution < 1.29 is 19.4 Å². The van der Waals surface area contributed by atoms with Gasteiger partial charge in [-0.05, 0) is 70.1 Å². The Morgan fingerprint density at radius 1 is 1.10 bits per heavy atom. The number of rotatable bonds is 7. The highest BCUT2D eigenvalue weighted by Gasteiger charge is 2.28. The molecule has 0 bridgehead atoms. The topological polar surface area (TPSA) is 62.2 Å². The molecule has 168 valence electrons. The van der Waals surface area contributed by atoms with Crippen LogP contribution < -0.4 is 9.47 Å². The van der Waals surface area contributed by atoms with Crippen LogP contribution >= 0.6 is 0 Å². The van der Waals surface area contributed by atoms with E-state index in [-0.39, 0.29) is 18.1 Å². The largest absolute Gasteiger partial charge is 0.493 e.